The van der Waals surface area contributed by atoms with Crippen LogP contribution in [-0.4, -0.2) is 43.6 Å². The summed E-state index contributed by atoms with van der Waals surface area (Å²) in [5.41, 5.74) is 0.420. The van der Waals surface area contributed by atoms with E-state index in [1.807, 2.05) is 0 Å². The van der Waals surface area contributed by atoms with Crippen LogP contribution in [0.2, 0.25) is 0 Å². The van der Waals surface area contributed by atoms with E-state index in [0.29, 0.717) is 41.3 Å². The van der Waals surface area contributed by atoms with E-state index in [1.54, 1.807) is 30.3 Å². The molecule has 7 heteroatoms. The Morgan fingerprint density at radius 1 is 1.20 bits per heavy atom. The molecular weight excluding hydrogens is 407 g/mol. The van der Waals surface area contributed by atoms with Crippen molar-refractivity contribution >= 4 is 18.3 Å². The first-order chi connectivity index (χ1) is 14.0. The zero-order valence-electron chi connectivity index (χ0n) is 17.7. The normalized spacial score (nSPS) is 16.6. The fraction of sp³-hybridized carbons (Fsp3) is 0.435. The number of halogens is 2. The van der Waals surface area contributed by atoms with Crippen LogP contribution in [0.4, 0.5) is 4.39 Å². The number of amides is 1. The van der Waals surface area contributed by atoms with E-state index in [-0.39, 0.29) is 24.1 Å². The minimum Gasteiger partial charge on any atom is -0.496 e. The highest BCUT2D eigenvalue weighted by Gasteiger charge is 2.23. The molecule has 164 valence electrons. The molecule has 2 aromatic rings. The van der Waals surface area contributed by atoms with Crippen molar-refractivity contribution in [3.8, 4) is 17.2 Å². The number of likely N-dealkylation sites (tertiary alicyclic amines) is 1. The maximum atomic E-state index is 13.1. The lowest BCUT2D eigenvalue weighted by Crippen LogP contribution is -2.43. The largest absolute Gasteiger partial charge is 0.496 e. The minimum absolute atomic E-state index is 0. The predicted molar refractivity (Wildman–Crippen MR) is 118 cm³/mol. The van der Waals surface area contributed by atoms with Crippen LogP contribution in [0.3, 0.4) is 0 Å². The van der Waals surface area contributed by atoms with Gasteiger partial charge in [-0.15, -0.1) is 12.4 Å². The highest BCUT2D eigenvalue weighted by atomic mass is 35.5. The summed E-state index contributed by atoms with van der Waals surface area (Å²) in [7, 11) is 1.54. The number of piperidine rings is 1. The highest BCUT2D eigenvalue weighted by molar-refractivity contribution is 5.97. The van der Waals surface area contributed by atoms with Crippen molar-refractivity contribution in [2.45, 2.75) is 32.7 Å². The van der Waals surface area contributed by atoms with Crippen LogP contribution < -0.4 is 14.8 Å². The Morgan fingerprint density at radius 2 is 1.90 bits per heavy atom. The summed E-state index contributed by atoms with van der Waals surface area (Å²) in [4.78, 5) is 15.3. The van der Waals surface area contributed by atoms with Gasteiger partial charge in [-0.25, -0.2) is 4.39 Å². The molecule has 1 N–H and O–H groups in total. The molecule has 1 aliphatic heterocycles. The molecular formula is C23H30ClFN2O3. The van der Waals surface area contributed by atoms with E-state index >= 15 is 0 Å². The number of carbonyl (C=O) groups is 1. The number of methoxy groups -OCH3 is 1. The first-order valence-electron chi connectivity index (χ1n) is 10.1. The first kappa shape index (κ1) is 24.0. The summed E-state index contributed by atoms with van der Waals surface area (Å²) in [6.07, 6.45) is 2.28. The Kier molecular flexibility index (Phi) is 8.93. The molecule has 1 amide bonds. The monoisotopic (exact) mass is 436 g/mol. The fourth-order valence-corrected chi connectivity index (χ4v) is 3.63. The van der Waals surface area contributed by atoms with Gasteiger partial charge < -0.3 is 19.7 Å². The second-order valence-electron chi connectivity index (χ2n) is 7.73. The summed E-state index contributed by atoms with van der Waals surface area (Å²) >= 11 is 0. The molecule has 1 saturated heterocycles. The van der Waals surface area contributed by atoms with Gasteiger partial charge in [-0.05, 0) is 81.6 Å². The van der Waals surface area contributed by atoms with Crippen LogP contribution in [-0.2, 0) is 0 Å². The van der Waals surface area contributed by atoms with E-state index in [9.17, 15) is 9.18 Å². The molecule has 1 heterocycles. The van der Waals surface area contributed by atoms with Gasteiger partial charge in [0.2, 0.25) is 0 Å². The number of hydrogen-bond acceptors (Lipinski definition) is 4. The number of benzene rings is 2. The number of nitrogens with zero attached hydrogens (tertiary/aromatic N) is 1. The van der Waals surface area contributed by atoms with Crippen molar-refractivity contribution < 1.29 is 18.7 Å². The Bertz CT molecular complexity index is 830. The Morgan fingerprint density at radius 3 is 2.57 bits per heavy atom. The van der Waals surface area contributed by atoms with Gasteiger partial charge in [0.25, 0.3) is 5.91 Å². The van der Waals surface area contributed by atoms with Crippen molar-refractivity contribution in [1.82, 2.24) is 10.2 Å². The van der Waals surface area contributed by atoms with E-state index in [0.717, 1.165) is 25.9 Å². The van der Waals surface area contributed by atoms with Crippen LogP contribution >= 0.6 is 12.4 Å². The molecule has 5 nitrogen and oxygen atoms in total. The summed E-state index contributed by atoms with van der Waals surface area (Å²) in [5, 5.41) is 3.05. The molecule has 3 rings (SSSR count). The lowest BCUT2D eigenvalue weighted by Gasteiger charge is -2.35. The van der Waals surface area contributed by atoms with Gasteiger partial charge in [-0.2, -0.15) is 0 Å². The Labute approximate surface area is 184 Å². The second kappa shape index (κ2) is 11.2. The van der Waals surface area contributed by atoms with Crippen molar-refractivity contribution in [1.29, 1.82) is 0 Å². The molecule has 0 bridgehead atoms. The predicted octanol–water partition coefficient (Wildman–Crippen LogP) is 4.90. The molecule has 0 spiro atoms. The van der Waals surface area contributed by atoms with Gasteiger partial charge in [0.1, 0.15) is 23.1 Å². The summed E-state index contributed by atoms with van der Waals surface area (Å²) in [5.74, 6) is 1.41. The zero-order valence-corrected chi connectivity index (χ0v) is 18.5. The quantitative estimate of drug-likeness (QED) is 0.670. The van der Waals surface area contributed by atoms with Gasteiger partial charge in [0.15, 0.2) is 0 Å². The Hall–Kier alpha value is -2.31. The fourth-order valence-electron chi connectivity index (χ4n) is 3.63. The number of hydrogen-bond donors (Lipinski definition) is 1. The maximum absolute atomic E-state index is 13.1. The first-order valence-corrected chi connectivity index (χ1v) is 10.1. The van der Waals surface area contributed by atoms with Crippen LogP contribution in [0.15, 0.2) is 42.5 Å². The molecule has 30 heavy (non-hydrogen) atoms. The van der Waals surface area contributed by atoms with E-state index in [2.05, 4.69) is 24.1 Å². The average molecular weight is 437 g/mol. The molecule has 1 aliphatic rings. The Balaban J connectivity index is 0.00000320. The van der Waals surface area contributed by atoms with Crippen molar-refractivity contribution in [3.63, 3.8) is 0 Å². The van der Waals surface area contributed by atoms with Gasteiger partial charge in [-0.1, -0.05) is 0 Å². The molecule has 1 fully saturated rings. The molecule has 0 aliphatic carbocycles. The zero-order chi connectivity index (χ0) is 20.8. The third-order valence-corrected chi connectivity index (χ3v) is 5.30. The van der Waals surface area contributed by atoms with Crippen LogP contribution in [0, 0.1) is 11.7 Å². The van der Waals surface area contributed by atoms with Crippen molar-refractivity contribution in [2.24, 2.45) is 5.92 Å². The smallest absolute Gasteiger partial charge is 0.255 e. The lowest BCUT2D eigenvalue weighted by molar-refractivity contribution is 0.0919. The number of nitrogens with one attached hydrogen (secondary N) is 1. The number of ether oxygens (including phenoxy) is 2. The van der Waals surface area contributed by atoms with Crippen molar-refractivity contribution in [3.05, 3.63) is 53.8 Å². The third kappa shape index (κ3) is 6.34. The van der Waals surface area contributed by atoms with Gasteiger partial charge in [-0.3, -0.25) is 4.79 Å². The summed E-state index contributed by atoms with van der Waals surface area (Å²) in [6.45, 7) is 7.17. The second-order valence-corrected chi connectivity index (χ2v) is 7.73. The van der Waals surface area contributed by atoms with E-state index in [4.69, 9.17) is 9.47 Å². The van der Waals surface area contributed by atoms with Gasteiger partial charge in [0, 0.05) is 19.1 Å². The lowest BCUT2D eigenvalue weighted by atomic mass is 9.97. The third-order valence-electron chi connectivity index (χ3n) is 5.30. The summed E-state index contributed by atoms with van der Waals surface area (Å²) in [6, 6.07) is 11.3. The van der Waals surface area contributed by atoms with Crippen LogP contribution in [0.25, 0.3) is 0 Å². The highest BCUT2D eigenvalue weighted by Crippen LogP contribution is 2.28. The molecule has 1 atom stereocenters. The molecule has 2 aromatic carbocycles. The van der Waals surface area contributed by atoms with E-state index < -0.39 is 0 Å². The SMILES string of the molecule is COc1ccc(Oc2ccc(F)cc2)cc1C(=O)NCC1CCCN(C(C)C)C1.Cl. The molecule has 0 radical (unpaired) electrons. The molecule has 0 saturated carbocycles. The topological polar surface area (TPSA) is 50.8 Å². The van der Waals surface area contributed by atoms with Crippen LogP contribution in [0.1, 0.15) is 37.0 Å². The average Bonchev–Trinajstić information content (AvgIpc) is 2.73. The number of rotatable bonds is 7. The maximum Gasteiger partial charge on any atom is 0.255 e. The number of carbonyl (C=O) groups excluding carboxylic acids is 1. The van der Waals surface area contributed by atoms with E-state index in [1.165, 1.54) is 19.2 Å². The van der Waals surface area contributed by atoms with Crippen LogP contribution in [0.5, 0.6) is 17.2 Å². The minimum atomic E-state index is -0.328. The van der Waals surface area contributed by atoms with Gasteiger partial charge >= 0.3 is 0 Å². The standard InChI is InChI=1S/C23H29FN2O3.ClH/c1-16(2)26-12-4-5-17(15-26)14-25-23(27)21-13-20(10-11-22(21)28-3)29-19-8-6-18(24)7-9-19;/h6-11,13,16-17H,4-5,12,14-15H2,1-3H3,(H,25,27);1H. The molecule has 0 aromatic heterocycles. The van der Waals surface area contributed by atoms with Gasteiger partial charge in [0.05, 0.1) is 12.7 Å². The summed E-state index contributed by atoms with van der Waals surface area (Å²) < 4.78 is 24.2. The van der Waals surface area contributed by atoms with Crippen molar-refractivity contribution in [2.75, 3.05) is 26.7 Å². The molecule has 1 unspecified atom stereocenters.